The highest BCUT2D eigenvalue weighted by molar-refractivity contribution is 5.08. The zero-order chi connectivity index (χ0) is 13.3. The molecule has 0 amide bonds. The molecule has 1 fully saturated rings. The normalized spacial score (nSPS) is 32.2. The Bertz CT molecular complexity index is 287. The minimum Gasteiger partial charge on any atom is -0.391 e. The van der Waals surface area contributed by atoms with E-state index in [0.29, 0.717) is 5.92 Å². The van der Waals surface area contributed by atoms with Crippen LogP contribution in [0.4, 0.5) is 0 Å². The second kappa shape index (κ2) is 4.98. The van der Waals surface area contributed by atoms with Gasteiger partial charge in [-0.05, 0) is 42.9 Å². The summed E-state index contributed by atoms with van der Waals surface area (Å²) in [6.45, 7) is 10.6. The van der Waals surface area contributed by atoms with E-state index in [1.165, 1.54) is 0 Å². The summed E-state index contributed by atoms with van der Waals surface area (Å²) in [5.74, 6) is 1.42. The number of rotatable bonds is 2. The fourth-order valence-corrected chi connectivity index (χ4v) is 3.10. The molecule has 0 aromatic carbocycles. The van der Waals surface area contributed by atoms with E-state index < -0.39 is 11.5 Å². The lowest BCUT2D eigenvalue weighted by Crippen LogP contribution is -2.45. The zero-order valence-corrected chi connectivity index (χ0v) is 12.0. The van der Waals surface area contributed by atoms with E-state index in [0.717, 1.165) is 31.6 Å². The molecule has 1 N–H and O–H groups in total. The molecule has 0 aromatic heterocycles. The molecule has 0 spiro atoms. The van der Waals surface area contributed by atoms with Crippen molar-refractivity contribution < 1.29 is 5.11 Å². The summed E-state index contributed by atoms with van der Waals surface area (Å²) >= 11 is 0. The third-order valence-electron chi connectivity index (χ3n) is 4.43. The molecule has 0 heterocycles. The number of aliphatic hydroxyl groups excluding tert-OH is 1. The van der Waals surface area contributed by atoms with Crippen LogP contribution in [0.15, 0.2) is 0 Å². The van der Waals surface area contributed by atoms with Crippen LogP contribution in [0.3, 0.4) is 0 Å². The van der Waals surface area contributed by atoms with E-state index in [2.05, 4.69) is 19.9 Å². The maximum Gasteiger partial charge on any atom is 0.0837 e. The highest BCUT2D eigenvalue weighted by atomic mass is 16.3. The van der Waals surface area contributed by atoms with Crippen molar-refractivity contribution in [1.82, 2.24) is 0 Å². The van der Waals surface area contributed by atoms with Crippen molar-refractivity contribution in [2.45, 2.75) is 66.4 Å². The van der Waals surface area contributed by atoms with E-state index in [-0.39, 0.29) is 5.41 Å². The molecule has 1 aliphatic rings. The first-order chi connectivity index (χ1) is 7.73. The number of hydrogen-bond acceptors (Lipinski definition) is 2. The molecule has 1 aliphatic carbocycles. The molecule has 0 aliphatic heterocycles. The average Bonchev–Trinajstić information content (AvgIpc) is 2.26. The average molecular weight is 237 g/mol. The van der Waals surface area contributed by atoms with Crippen molar-refractivity contribution in [3.05, 3.63) is 0 Å². The fraction of sp³-hybridized carbons (Fsp3) is 0.933. The predicted octanol–water partition coefficient (Wildman–Crippen LogP) is 3.75. The Labute approximate surface area is 106 Å². The second-order valence-electron chi connectivity index (χ2n) is 7.12. The quantitative estimate of drug-likeness (QED) is 0.795. The van der Waals surface area contributed by atoms with Crippen LogP contribution in [-0.2, 0) is 0 Å². The second-order valence-corrected chi connectivity index (χ2v) is 7.12. The van der Waals surface area contributed by atoms with Gasteiger partial charge in [-0.15, -0.1) is 0 Å². The third kappa shape index (κ3) is 3.01. The largest absolute Gasteiger partial charge is 0.391 e. The minimum absolute atomic E-state index is 0.208. The third-order valence-corrected chi connectivity index (χ3v) is 4.43. The van der Waals surface area contributed by atoms with E-state index in [1.807, 2.05) is 20.8 Å². The van der Waals surface area contributed by atoms with Gasteiger partial charge in [0.15, 0.2) is 0 Å². The molecular formula is C15H27NO. The molecule has 0 radical (unpaired) electrons. The van der Waals surface area contributed by atoms with Crippen LogP contribution in [0.1, 0.15) is 60.3 Å². The Morgan fingerprint density at radius 3 is 2.00 bits per heavy atom. The van der Waals surface area contributed by atoms with Crippen LogP contribution in [0.2, 0.25) is 0 Å². The SMILES string of the molecule is CC(C)C1CCC(C#N)(C(O)C(C)(C)C)CC1. The Hall–Kier alpha value is -0.550. The molecule has 0 saturated heterocycles. The van der Waals surface area contributed by atoms with Gasteiger partial charge in [-0.25, -0.2) is 0 Å². The Morgan fingerprint density at radius 2 is 1.71 bits per heavy atom. The van der Waals surface area contributed by atoms with Crippen molar-refractivity contribution in [3.8, 4) is 6.07 Å². The summed E-state index contributed by atoms with van der Waals surface area (Å²) in [6, 6.07) is 2.43. The number of hydrogen-bond donors (Lipinski definition) is 1. The van der Waals surface area contributed by atoms with Crippen LogP contribution >= 0.6 is 0 Å². The summed E-state index contributed by atoms with van der Waals surface area (Å²) in [5, 5.41) is 20.0. The summed E-state index contributed by atoms with van der Waals surface area (Å²) in [5.41, 5.74) is -0.718. The molecule has 2 heteroatoms. The van der Waals surface area contributed by atoms with Gasteiger partial charge in [0.2, 0.25) is 0 Å². The van der Waals surface area contributed by atoms with Gasteiger partial charge >= 0.3 is 0 Å². The van der Waals surface area contributed by atoms with Gasteiger partial charge in [-0.2, -0.15) is 5.26 Å². The van der Waals surface area contributed by atoms with E-state index in [9.17, 15) is 10.4 Å². The zero-order valence-electron chi connectivity index (χ0n) is 12.0. The van der Waals surface area contributed by atoms with Crippen molar-refractivity contribution >= 4 is 0 Å². The van der Waals surface area contributed by atoms with Crippen LogP contribution in [0, 0.1) is 34.0 Å². The topological polar surface area (TPSA) is 44.0 Å². The smallest absolute Gasteiger partial charge is 0.0837 e. The molecule has 0 aromatic rings. The van der Waals surface area contributed by atoms with Crippen LogP contribution in [0.5, 0.6) is 0 Å². The van der Waals surface area contributed by atoms with Gasteiger partial charge < -0.3 is 5.11 Å². The van der Waals surface area contributed by atoms with Gasteiger partial charge in [0.05, 0.1) is 17.6 Å². The monoisotopic (exact) mass is 237 g/mol. The fourth-order valence-electron chi connectivity index (χ4n) is 3.10. The van der Waals surface area contributed by atoms with Gasteiger partial charge in [0.1, 0.15) is 0 Å². The molecule has 98 valence electrons. The Morgan fingerprint density at radius 1 is 1.24 bits per heavy atom. The lowest BCUT2D eigenvalue weighted by Gasteiger charge is -2.44. The van der Waals surface area contributed by atoms with Crippen LogP contribution < -0.4 is 0 Å². The van der Waals surface area contributed by atoms with E-state index in [4.69, 9.17) is 0 Å². The number of aliphatic hydroxyl groups is 1. The van der Waals surface area contributed by atoms with Gasteiger partial charge in [0, 0.05) is 0 Å². The van der Waals surface area contributed by atoms with Crippen LogP contribution in [-0.4, -0.2) is 11.2 Å². The molecular weight excluding hydrogens is 210 g/mol. The van der Waals surface area contributed by atoms with Gasteiger partial charge in [0.25, 0.3) is 0 Å². The van der Waals surface area contributed by atoms with Gasteiger partial charge in [-0.1, -0.05) is 34.6 Å². The highest BCUT2D eigenvalue weighted by Crippen LogP contribution is 2.47. The van der Waals surface area contributed by atoms with E-state index in [1.54, 1.807) is 0 Å². The molecule has 1 unspecified atom stereocenters. The Balaban J connectivity index is 2.79. The highest BCUT2D eigenvalue weighted by Gasteiger charge is 2.46. The first-order valence-electron chi connectivity index (χ1n) is 6.82. The predicted molar refractivity (Wildman–Crippen MR) is 70.3 cm³/mol. The summed E-state index contributed by atoms with van der Waals surface area (Å²) in [4.78, 5) is 0. The molecule has 1 rings (SSSR count). The molecule has 0 bridgehead atoms. The molecule has 2 nitrogen and oxygen atoms in total. The lowest BCUT2D eigenvalue weighted by molar-refractivity contribution is -0.0475. The number of nitriles is 1. The van der Waals surface area contributed by atoms with Crippen LogP contribution in [0.25, 0.3) is 0 Å². The standard InChI is InChI=1S/C15H27NO/c1-11(2)12-6-8-15(10-16,9-7-12)13(17)14(3,4)5/h11-13,17H,6-9H2,1-5H3. The van der Waals surface area contributed by atoms with Crippen molar-refractivity contribution in [2.24, 2.45) is 22.7 Å². The number of nitrogens with zero attached hydrogens (tertiary/aromatic N) is 1. The summed E-state index contributed by atoms with van der Waals surface area (Å²) < 4.78 is 0. The summed E-state index contributed by atoms with van der Waals surface area (Å²) in [6.07, 6.45) is 3.35. The van der Waals surface area contributed by atoms with Crippen molar-refractivity contribution in [1.29, 1.82) is 5.26 Å². The maximum atomic E-state index is 10.5. The first kappa shape index (κ1) is 14.5. The lowest BCUT2D eigenvalue weighted by atomic mass is 9.61. The molecule has 1 atom stereocenters. The molecule has 1 saturated carbocycles. The Kier molecular flexibility index (Phi) is 4.25. The maximum absolute atomic E-state index is 10.5. The first-order valence-corrected chi connectivity index (χ1v) is 6.82. The summed E-state index contributed by atoms with van der Waals surface area (Å²) in [7, 11) is 0. The minimum atomic E-state index is -0.520. The van der Waals surface area contributed by atoms with Crippen molar-refractivity contribution in [3.63, 3.8) is 0 Å². The van der Waals surface area contributed by atoms with E-state index >= 15 is 0 Å². The van der Waals surface area contributed by atoms with Gasteiger partial charge in [-0.3, -0.25) is 0 Å². The molecule has 17 heavy (non-hydrogen) atoms. The van der Waals surface area contributed by atoms with Crippen molar-refractivity contribution in [2.75, 3.05) is 0 Å².